The van der Waals surface area contributed by atoms with Crippen LogP contribution in [0, 0.1) is 0 Å². The van der Waals surface area contributed by atoms with Crippen LogP contribution >= 0.6 is 0 Å². The standard InChI is InChI=1S/C10H11N5O/c1-15-4-7(2-3-12-6-16)8-9(11)13-5-14-10(8)15/h2-6H,1H3,(H,12,16)(H2,11,13,14)/b3-2+. The SMILES string of the molecule is Cn1cc(/C=C/NC=O)c2c(N)ncnc21. The lowest BCUT2D eigenvalue weighted by molar-refractivity contribution is -0.108. The van der Waals surface area contributed by atoms with Crippen LogP contribution in [0.2, 0.25) is 0 Å². The fraction of sp³-hybridized carbons (Fsp3) is 0.100. The molecule has 0 unspecified atom stereocenters. The maximum Gasteiger partial charge on any atom is 0.211 e. The zero-order valence-corrected chi connectivity index (χ0v) is 8.71. The molecule has 1 amide bonds. The first-order valence-corrected chi connectivity index (χ1v) is 4.66. The molecule has 0 atom stereocenters. The molecular formula is C10H11N5O. The number of carbonyl (C=O) groups is 1. The van der Waals surface area contributed by atoms with E-state index < -0.39 is 0 Å². The first-order chi connectivity index (χ1) is 7.74. The summed E-state index contributed by atoms with van der Waals surface area (Å²) in [6, 6.07) is 0. The Bertz CT molecular complexity index is 558. The number of anilines is 1. The molecule has 0 saturated carbocycles. The molecule has 0 aromatic carbocycles. The smallest absolute Gasteiger partial charge is 0.211 e. The lowest BCUT2D eigenvalue weighted by Gasteiger charge is -1.96. The van der Waals surface area contributed by atoms with Crippen molar-refractivity contribution in [2.24, 2.45) is 7.05 Å². The van der Waals surface area contributed by atoms with Crippen molar-refractivity contribution >= 4 is 29.3 Å². The van der Waals surface area contributed by atoms with Gasteiger partial charge in [-0.1, -0.05) is 0 Å². The number of nitrogens with one attached hydrogen (secondary N) is 1. The van der Waals surface area contributed by atoms with Crippen LogP contribution in [0.15, 0.2) is 18.7 Å². The highest BCUT2D eigenvalue weighted by atomic mass is 16.1. The van der Waals surface area contributed by atoms with Gasteiger partial charge in [0, 0.05) is 25.0 Å². The number of nitrogens with zero attached hydrogens (tertiary/aromatic N) is 3. The van der Waals surface area contributed by atoms with E-state index in [1.807, 2.05) is 17.8 Å². The van der Waals surface area contributed by atoms with E-state index >= 15 is 0 Å². The largest absolute Gasteiger partial charge is 0.383 e. The van der Waals surface area contributed by atoms with Crippen LogP contribution in [0.4, 0.5) is 5.82 Å². The topological polar surface area (TPSA) is 85.8 Å². The van der Waals surface area contributed by atoms with Gasteiger partial charge >= 0.3 is 0 Å². The summed E-state index contributed by atoms with van der Waals surface area (Å²) >= 11 is 0. The van der Waals surface area contributed by atoms with Crippen molar-refractivity contribution < 1.29 is 4.79 Å². The summed E-state index contributed by atoms with van der Waals surface area (Å²) in [6.07, 6.45) is 7.18. The van der Waals surface area contributed by atoms with Gasteiger partial charge in [-0.3, -0.25) is 4.79 Å². The molecule has 0 aliphatic heterocycles. The van der Waals surface area contributed by atoms with Crippen LogP contribution in [0.25, 0.3) is 17.1 Å². The molecular weight excluding hydrogens is 206 g/mol. The predicted molar refractivity (Wildman–Crippen MR) is 61.2 cm³/mol. The molecule has 0 aliphatic rings. The molecule has 82 valence electrons. The first-order valence-electron chi connectivity index (χ1n) is 4.66. The third-order valence-corrected chi connectivity index (χ3v) is 2.24. The summed E-state index contributed by atoms with van der Waals surface area (Å²) in [7, 11) is 1.87. The Morgan fingerprint density at radius 1 is 1.50 bits per heavy atom. The minimum absolute atomic E-state index is 0.427. The van der Waals surface area contributed by atoms with Gasteiger partial charge in [-0.25, -0.2) is 9.97 Å². The van der Waals surface area contributed by atoms with Crippen molar-refractivity contribution in [1.29, 1.82) is 0 Å². The molecule has 2 aromatic rings. The number of nitrogens with two attached hydrogens (primary N) is 1. The van der Waals surface area contributed by atoms with Gasteiger partial charge in [0.1, 0.15) is 17.8 Å². The molecule has 0 aliphatic carbocycles. The number of hydrogen-bond donors (Lipinski definition) is 2. The lowest BCUT2D eigenvalue weighted by Crippen LogP contribution is -1.98. The first kappa shape index (κ1) is 10.2. The Morgan fingerprint density at radius 3 is 3.06 bits per heavy atom. The highest BCUT2D eigenvalue weighted by Gasteiger charge is 2.08. The van der Waals surface area contributed by atoms with E-state index in [9.17, 15) is 4.79 Å². The highest BCUT2D eigenvalue weighted by Crippen LogP contribution is 2.23. The molecule has 2 aromatic heterocycles. The molecule has 2 heterocycles. The van der Waals surface area contributed by atoms with Gasteiger partial charge in [-0.15, -0.1) is 0 Å². The maximum atomic E-state index is 10.1. The van der Waals surface area contributed by atoms with Gasteiger partial charge in [0.05, 0.1) is 5.39 Å². The Kier molecular flexibility index (Phi) is 2.55. The number of aryl methyl sites for hydroxylation is 1. The van der Waals surface area contributed by atoms with Crippen LogP contribution in [-0.2, 0) is 11.8 Å². The third-order valence-electron chi connectivity index (χ3n) is 2.24. The van der Waals surface area contributed by atoms with E-state index in [-0.39, 0.29) is 0 Å². The molecule has 0 fully saturated rings. The van der Waals surface area contributed by atoms with E-state index in [1.54, 1.807) is 6.08 Å². The van der Waals surface area contributed by atoms with Crippen molar-refractivity contribution in [2.75, 3.05) is 5.73 Å². The minimum atomic E-state index is 0.427. The van der Waals surface area contributed by atoms with Gasteiger partial charge in [0.15, 0.2) is 0 Å². The lowest BCUT2D eigenvalue weighted by atomic mass is 10.2. The van der Waals surface area contributed by atoms with Crippen molar-refractivity contribution in [3.8, 4) is 0 Å². The molecule has 2 rings (SSSR count). The van der Waals surface area contributed by atoms with Crippen molar-refractivity contribution in [3.63, 3.8) is 0 Å². The van der Waals surface area contributed by atoms with Gasteiger partial charge < -0.3 is 15.6 Å². The van der Waals surface area contributed by atoms with E-state index in [0.29, 0.717) is 12.2 Å². The summed E-state index contributed by atoms with van der Waals surface area (Å²) in [5.41, 5.74) is 7.41. The summed E-state index contributed by atoms with van der Waals surface area (Å²) in [5, 5.41) is 3.22. The Labute approximate surface area is 91.8 Å². The van der Waals surface area contributed by atoms with Gasteiger partial charge in [0.2, 0.25) is 6.41 Å². The number of carbonyl (C=O) groups excluding carboxylic acids is 1. The molecule has 0 radical (unpaired) electrons. The zero-order valence-electron chi connectivity index (χ0n) is 8.71. The minimum Gasteiger partial charge on any atom is -0.383 e. The van der Waals surface area contributed by atoms with Gasteiger partial charge in [0.25, 0.3) is 0 Å². The average molecular weight is 217 g/mol. The second-order valence-corrected chi connectivity index (χ2v) is 3.27. The normalized spacial score (nSPS) is 11.1. The van der Waals surface area contributed by atoms with E-state index in [4.69, 9.17) is 5.73 Å². The van der Waals surface area contributed by atoms with Crippen LogP contribution in [-0.4, -0.2) is 20.9 Å². The van der Waals surface area contributed by atoms with Crippen LogP contribution in [0.5, 0.6) is 0 Å². The molecule has 0 bridgehead atoms. The van der Waals surface area contributed by atoms with E-state index in [2.05, 4.69) is 15.3 Å². The van der Waals surface area contributed by atoms with E-state index in [0.717, 1.165) is 16.6 Å². The third kappa shape index (κ3) is 1.60. The molecule has 0 saturated heterocycles. The average Bonchev–Trinajstić information content (AvgIpc) is 2.58. The van der Waals surface area contributed by atoms with Gasteiger partial charge in [-0.2, -0.15) is 0 Å². The Hall–Kier alpha value is -2.37. The Balaban J connectivity index is 2.57. The maximum absolute atomic E-state index is 10.1. The second-order valence-electron chi connectivity index (χ2n) is 3.27. The quantitative estimate of drug-likeness (QED) is 0.722. The van der Waals surface area contributed by atoms with Crippen LogP contribution in [0.3, 0.4) is 0 Å². The molecule has 6 nitrogen and oxygen atoms in total. The van der Waals surface area contributed by atoms with Crippen molar-refractivity contribution in [1.82, 2.24) is 19.9 Å². The van der Waals surface area contributed by atoms with Crippen LogP contribution in [0.1, 0.15) is 5.56 Å². The summed E-state index contributed by atoms with van der Waals surface area (Å²) < 4.78 is 1.86. The number of nitrogen functional groups attached to an aromatic ring is 1. The molecule has 0 spiro atoms. The number of fused-ring (bicyclic) bond motifs is 1. The molecule has 3 N–H and O–H groups in total. The van der Waals surface area contributed by atoms with Crippen molar-refractivity contribution in [3.05, 3.63) is 24.3 Å². The zero-order chi connectivity index (χ0) is 11.5. The van der Waals surface area contributed by atoms with Gasteiger partial charge in [-0.05, 0) is 6.08 Å². The highest BCUT2D eigenvalue weighted by molar-refractivity contribution is 5.94. The summed E-state index contributed by atoms with van der Waals surface area (Å²) in [4.78, 5) is 18.2. The molecule has 16 heavy (non-hydrogen) atoms. The molecule has 6 heteroatoms. The Morgan fingerprint density at radius 2 is 2.31 bits per heavy atom. The predicted octanol–water partition coefficient (Wildman–Crippen LogP) is 0.267. The van der Waals surface area contributed by atoms with Crippen molar-refractivity contribution in [2.45, 2.75) is 0 Å². The number of amides is 1. The van der Waals surface area contributed by atoms with Crippen LogP contribution < -0.4 is 11.1 Å². The number of rotatable bonds is 3. The van der Waals surface area contributed by atoms with E-state index in [1.165, 1.54) is 12.5 Å². The number of hydrogen-bond acceptors (Lipinski definition) is 4. The number of aromatic nitrogens is 3. The second kappa shape index (κ2) is 4.01. The summed E-state index contributed by atoms with van der Waals surface area (Å²) in [6.45, 7) is 0. The fourth-order valence-electron chi connectivity index (χ4n) is 1.57. The monoisotopic (exact) mass is 217 g/mol. The fourth-order valence-corrected chi connectivity index (χ4v) is 1.57. The summed E-state index contributed by atoms with van der Waals surface area (Å²) in [5.74, 6) is 0.427.